The first-order valence-electron chi connectivity index (χ1n) is 7.29. The van der Waals surface area contributed by atoms with Crippen molar-refractivity contribution in [1.29, 1.82) is 0 Å². The third kappa shape index (κ3) is 2.39. The molecule has 21 heavy (non-hydrogen) atoms. The van der Waals surface area contributed by atoms with Gasteiger partial charge in [-0.25, -0.2) is 0 Å². The van der Waals surface area contributed by atoms with Crippen LogP contribution in [0.15, 0.2) is 48.5 Å². The SMILES string of the molecule is Cl.O=C1CC(NC2CCc3ccccc32)c2ccccc21. The molecule has 0 radical (unpaired) electrons. The molecule has 0 spiro atoms. The molecule has 0 saturated heterocycles. The first kappa shape index (κ1) is 14.3. The summed E-state index contributed by atoms with van der Waals surface area (Å²) in [5, 5.41) is 3.70. The van der Waals surface area contributed by atoms with E-state index in [1.165, 1.54) is 16.7 Å². The Kier molecular flexibility index (Phi) is 3.83. The van der Waals surface area contributed by atoms with E-state index >= 15 is 0 Å². The average molecular weight is 300 g/mol. The molecule has 0 bridgehead atoms. The van der Waals surface area contributed by atoms with Crippen LogP contribution in [0.5, 0.6) is 0 Å². The van der Waals surface area contributed by atoms with E-state index in [0.717, 1.165) is 18.4 Å². The summed E-state index contributed by atoms with van der Waals surface area (Å²) >= 11 is 0. The fraction of sp³-hybridized carbons (Fsp3) is 0.278. The van der Waals surface area contributed by atoms with E-state index in [2.05, 4.69) is 35.6 Å². The van der Waals surface area contributed by atoms with Crippen LogP contribution in [0.1, 0.15) is 52.0 Å². The zero-order valence-corrected chi connectivity index (χ0v) is 12.5. The quantitative estimate of drug-likeness (QED) is 0.907. The number of aryl methyl sites for hydroxylation is 1. The molecule has 2 aromatic carbocycles. The number of nitrogens with one attached hydrogen (secondary N) is 1. The number of ketones is 1. The minimum Gasteiger partial charge on any atom is -0.303 e. The molecule has 0 aromatic heterocycles. The largest absolute Gasteiger partial charge is 0.303 e. The number of rotatable bonds is 2. The second kappa shape index (κ2) is 5.63. The van der Waals surface area contributed by atoms with E-state index in [1.807, 2.05) is 18.2 Å². The minimum atomic E-state index is 0. The van der Waals surface area contributed by atoms with E-state index < -0.39 is 0 Å². The first-order chi connectivity index (χ1) is 9.83. The van der Waals surface area contributed by atoms with Crippen LogP contribution in [0, 0.1) is 0 Å². The highest BCUT2D eigenvalue weighted by atomic mass is 35.5. The summed E-state index contributed by atoms with van der Waals surface area (Å²) in [6, 6.07) is 17.2. The molecule has 0 heterocycles. The number of Topliss-reactive ketones (excluding diaryl/α,β-unsaturated/α-hetero) is 1. The number of fused-ring (bicyclic) bond motifs is 2. The summed E-state index contributed by atoms with van der Waals surface area (Å²) in [7, 11) is 0. The summed E-state index contributed by atoms with van der Waals surface area (Å²) in [6.07, 6.45) is 2.86. The lowest BCUT2D eigenvalue weighted by Crippen LogP contribution is -2.23. The second-order valence-electron chi connectivity index (χ2n) is 5.72. The summed E-state index contributed by atoms with van der Waals surface area (Å²) in [5.41, 5.74) is 4.92. The van der Waals surface area contributed by atoms with Crippen LogP contribution in [0.25, 0.3) is 0 Å². The smallest absolute Gasteiger partial charge is 0.165 e. The number of hydrogen-bond acceptors (Lipinski definition) is 2. The Bertz CT molecular complexity index is 682. The third-order valence-corrected chi connectivity index (χ3v) is 4.56. The van der Waals surface area contributed by atoms with Crippen LogP contribution in [0.4, 0.5) is 0 Å². The summed E-state index contributed by atoms with van der Waals surface area (Å²) in [6.45, 7) is 0. The van der Waals surface area contributed by atoms with Gasteiger partial charge in [-0.1, -0.05) is 48.5 Å². The summed E-state index contributed by atoms with van der Waals surface area (Å²) in [5.74, 6) is 0.268. The normalized spacial score (nSPS) is 22.6. The standard InChI is InChI=1S/C18H17NO.ClH/c20-18-11-17(14-7-3-4-8-15(14)18)19-16-10-9-12-5-1-2-6-13(12)16;/h1-8,16-17,19H,9-11H2;1H. The molecule has 0 amide bonds. The molecule has 4 rings (SSSR count). The van der Waals surface area contributed by atoms with Gasteiger partial charge >= 0.3 is 0 Å². The lowest BCUT2D eigenvalue weighted by atomic mass is 10.0. The Morgan fingerprint density at radius 1 is 0.905 bits per heavy atom. The van der Waals surface area contributed by atoms with E-state index in [9.17, 15) is 4.79 Å². The lowest BCUT2D eigenvalue weighted by molar-refractivity contribution is 0.0984. The van der Waals surface area contributed by atoms with Crippen LogP contribution in [-0.4, -0.2) is 5.78 Å². The molecule has 0 fully saturated rings. The molecule has 3 heteroatoms. The molecule has 2 atom stereocenters. The monoisotopic (exact) mass is 299 g/mol. The van der Waals surface area contributed by atoms with E-state index in [4.69, 9.17) is 0 Å². The van der Waals surface area contributed by atoms with E-state index in [0.29, 0.717) is 12.5 Å². The Morgan fingerprint density at radius 3 is 2.48 bits per heavy atom. The maximum atomic E-state index is 12.1. The Labute approximate surface area is 131 Å². The van der Waals surface area contributed by atoms with Crippen molar-refractivity contribution in [3.05, 3.63) is 70.8 Å². The van der Waals surface area contributed by atoms with Gasteiger partial charge in [-0.15, -0.1) is 12.4 Å². The van der Waals surface area contributed by atoms with Gasteiger partial charge in [0.15, 0.2) is 5.78 Å². The minimum absolute atomic E-state index is 0. The Balaban J connectivity index is 0.00000132. The predicted molar refractivity (Wildman–Crippen MR) is 86.0 cm³/mol. The average Bonchev–Trinajstić information content (AvgIpc) is 3.03. The highest BCUT2D eigenvalue weighted by molar-refractivity contribution is 6.01. The molecule has 2 nitrogen and oxygen atoms in total. The maximum absolute atomic E-state index is 12.1. The molecule has 108 valence electrons. The Morgan fingerprint density at radius 2 is 1.62 bits per heavy atom. The summed E-state index contributed by atoms with van der Waals surface area (Å²) < 4.78 is 0. The van der Waals surface area contributed by atoms with Gasteiger partial charge in [0, 0.05) is 24.1 Å². The van der Waals surface area contributed by atoms with Crippen molar-refractivity contribution in [3.63, 3.8) is 0 Å². The van der Waals surface area contributed by atoms with Crippen molar-refractivity contribution in [3.8, 4) is 0 Å². The fourth-order valence-electron chi connectivity index (χ4n) is 3.58. The van der Waals surface area contributed by atoms with Crippen LogP contribution in [0.2, 0.25) is 0 Å². The van der Waals surface area contributed by atoms with Crippen molar-refractivity contribution in [1.82, 2.24) is 5.32 Å². The molecular formula is C18H18ClNO. The van der Waals surface area contributed by atoms with E-state index in [-0.39, 0.29) is 24.2 Å². The van der Waals surface area contributed by atoms with Crippen LogP contribution in [0.3, 0.4) is 0 Å². The van der Waals surface area contributed by atoms with Crippen molar-refractivity contribution < 1.29 is 4.79 Å². The molecule has 0 aliphatic heterocycles. The second-order valence-corrected chi connectivity index (χ2v) is 5.72. The van der Waals surface area contributed by atoms with Gasteiger partial charge in [0.25, 0.3) is 0 Å². The number of carbonyl (C=O) groups excluding carboxylic acids is 1. The maximum Gasteiger partial charge on any atom is 0.165 e. The van der Waals surface area contributed by atoms with E-state index in [1.54, 1.807) is 0 Å². The highest BCUT2D eigenvalue weighted by Crippen LogP contribution is 2.37. The van der Waals surface area contributed by atoms with Gasteiger partial charge in [-0.3, -0.25) is 4.79 Å². The molecule has 2 aliphatic carbocycles. The third-order valence-electron chi connectivity index (χ3n) is 4.56. The van der Waals surface area contributed by atoms with Gasteiger partial charge in [-0.2, -0.15) is 0 Å². The predicted octanol–water partition coefficient (Wildman–Crippen LogP) is 4.01. The van der Waals surface area contributed by atoms with Crippen molar-refractivity contribution in [2.75, 3.05) is 0 Å². The zero-order valence-electron chi connectivity index (χ0n) is 11.7. The highest BCUT2D eigenvalue weighted by Gasteiger charge is 2.32. The van der Waals surface area contributed by atoms with Crippen LogP contribution >= 0.6 is 12.4 Å². The van der Waals surface area contributed by atoms with Gasteiger partial charge in [0.2, 0.25) is 0 Å². The topological polar surface area (TPSA) is 29.1 Å². The number of carbonyl (C=O) groups is 1. The molecular weight excluding hydrogens is 282 g/mol. The van der Waals surface area contributed by atoms with Gasteiger partial charge in [0.1, 0.15) is 0 Å². The summed E-state index contributed by atoms with van der Waals surface area (Å²) in [4.78, 5) is 12.1. The van der Waals surface area contributed by atoms with Gasteiger partial charge < -0.3 is 5.32 Å². The lowest BCUT2D eigenvalue weighted by Gasteiger charge is -2.20. The van der Waals surface area contributed by atoms with Crippen molar-refractivity contribution in [2.45, 2.75) is 31.3 Å². The van der Waals surface area contributed by atoms with Gasteiger partial charge in [0.05, 0.1) is 0 Å². The Hall–Kier alpha value is -1.64. The number of benzene rings is 2. The molecule has 2 unspecified atom stereocenters. The van der Waals surface area contributed by atoms with Gasteiger partial charge in [-0.05, 0) is 29.5 Å². The molecule has 2 aliphatic rings. The van der Waals surface area contributed by atoms with Crippen LogP contribution < -0.4 is 5.32 Å². The van der Waals surface area contributed by atoms with Crippen molar-refractivity contribution >= 4 is 18.2 Å². The first-order valence-corrected chi connectivity index (χ1v) is 7.29. The number of hydrogen-bond donors (Lipinski definition) is 1. The zero-order chi connectivity index (χ0) is 13.5. The fourth-order valence-corrected chi connectivity index (χ4v) is 3.58. The van der Waals surface area contributed by atoms with Crippen molar-refractivity contribution in [2.24, 2.45) is 0 Å². The molecule has 0 saturated carbocycles. The number of halogens is 1. The molecule has 1 N–H and O–H groups in total. The van der Waals surface area contributed by atoms with Crippen LogP contribution in [-0.2, 0) is 6.42 Å². The molecule has 2 aromatic rings.